The second-order valence-corrected chi connectivity index (χ2v) is 6.36. The molecule has 3 aromatic rings. The highest BCUT2D eigenvalue weighted by Gasteiger charge is 2.25. The Morgan fingerprint density at radius 3 is 2.85 bits per heavy atom. The first-order valence-electron chi connectivity index (χ1n) is 8.75. The van der Waals surface area contributed by atoms with Crippen LogP contribution in [0.2, 0.25) is 0 Å². The van der Waals surface area contributed by atoms with Crippen molar-refractivity contribution < 1.29 is 13.7 Å². The molecule has 0 saturated carbocycles. The van der Waals surface area contributed by atoms with Crippen molar-refractivity contribution in [3.05, 3.63) is 60.3 Å². The smallest absolute Gasteiger partial charge is 0.273 e. The van der Waals surface area contributed by atoms with Gasteiger partial charge in [-0.2, -0.15) is 0 Å². The standard InChI is InChI=1S/C19H18FN5O2/c20-15-7-2-1-6-14(15)17-11-16(24-27-17)18(26)23-13-5-3-10-25(12-13)19-21-8-4-9-22-19/h1-2,4,6-9,11,13H,3,5,10,12H2,(H,23,26). The lowest BCUT2D eigenvalue weighted by Gasteiger charge is -2.32. The van der Waals surface area contributed by atoms with Gasteiger partial charge in [-0.25, -0.2) is 14.4 Å². The molecule has 0 bridgehead atoms. The van der Waals surface area contributed by atoms with E-state index in [4.69, 9.17) is 4.52 Å². The highest BCUT2D eigenvalue weighted by Crippen LogP contribution is 2.23. The van der Waals surface area contributed by atoms with Crippen LogP contribution in [-0.2, 0) is 0 Å². The second kappa shape index (κ2) is 7.53. The molecule has 3 heterocycles. The fourth-order valence-corrected chi connectivity index (χ4v) is 3.16. The van der Waals surface area contributed by atoms with E-state index < -0.39 is 5.82 Å². The number of hydrogen-bond donors (Lipinski definition) is 1. The molecule has 1 saturated heterocycles. The predicted octanol–water partition coefficient (Wildman–Crippen LogP) is 2.67. The minimum Gasteiger partial charge on any atom is -0.355 e. The minimum atomic E-state index is -0.425. The third-order valence-electron chi connectivity index (χ3n) is 4.47. The van der Waals surface area contributed by atoms with E-state index in [1.165, 1.54) is 12.1 Å². The topological polar surface area (TPSA) is 84.2 Å². The SMILES string of the molecule is O=C(NC1CCCN(c2ncccn2)C1)c1cc(-c2ccccc2F)on1. The largest absolute Gasteiger partial charge is 0.355 e. The Hall–Kier alpha value is -3.29. The zero-order chi connectivity index (χ0) is 18.6. The fourth-order valence-electron chi connectivity index (χ4n) is 3.16. The molecular formula is C19H18FN5O2. The Morgan fingerprint density at radius 1 is 1.22 bits per heavy atom. The molecule has 0 aliphatic carbocycles. The summed E-state index contributed by atoms with van der Waals surface area (Å²) in [7, 11) is 0. The van der Waals surface area contributed by atoms with Crippen LogP contribution in [-0.4, -0.2) is 40.2 Å². The number of carbonyl (C=O) groups excluding carboxylic acids is 1. The summed E-state index contributed by atoms with van der Waals surface area (Å²) in [5.41, 5.74) is 0.399. The van der Waals surface area contributed by atoms with Crippen LogP contribution in [0.3, 0.4) is 0 Å². The number of amides is 1. The van der Waals surface area contributed by atoms with Crippen molar-refractivity contribution in [3.8, 4) is 11.3 Å². The molecule has 8 heteroatoms. The van der Waals surface area contributed by atoms with E-state index in [1.54, 1.807) is 36.7 Å². The molecule has 2 aromatic heterocycles. The summed E-state index contributed by atoms with van der Waals surface area (Å²) in [5, 5.41) is 6.75. The van der Waals surface area contributed by atoms with E-state index in [0.717, 1.165) is 19.4 Å². The number of hydrogen-bond acceptors (Lipinski definition) is 6. The summed E-state index contributed by atoms with van der Waals surface area (Å²) < 4.78 is 19.0. The molecule has 1 unspecified atom stereocenters. The van der Waals surface area contributed by atoms with Crippen LogP contribution in [0.1, 0.15) is 23.3 Å². The number of anilines is 1. The van der Waals surface area contributed by atoms with Gasteiger partial charge in [0.25, 0.3) is 5.91 Å². The maximum Gasteiger partial charge on any atom is 0.273 e. The molecule has 1 N–H and O–H groups in total. The Labute approximate surface area is 155 Å². The van der Waals surface area contributed by atoms with Gasteiger partial charge >= 0.3 is 0 Å². The summed E-state index contributed by atoms with van der Waals surface area (Å²) in [6.45, 7) is 1.46. The molecule has 1 atom stereocenters. The van der Waals surface area contributed by atoms with Crippen molar-refractivity contribution >= 4 is 11.9 Å². The average molecular weight is 367 g/mol. The second-order valence-electron chi connectivity index (χ2n) is 6.36. The van der Waals surface area contributed by atoms with Gasteiger partial charge in [0.2, 0.25) is 5.95 Å². The lowest BCUT2D eigenvalue weighted by atomic mass is 10.1. The van der Waals surface area contributed by atoms with Crippen molar-refractivity contribution in [1.82, 2.24) is 20.4 Å². The number of carbonyl (C=O) groups is 1. The van der Waals surface area contributed by atoms with E-state index in [9.17, 15) is 9.18 Å². The molecule has 1 aromatic carbocycles. The summed E-state index contributed by atoms with van der Waals surface area (Å²) in [6, 6.07) is 9.37. The number of aromatic nitrogens is 3. The quantitative estimate of drug-likeness (QED) is 0.763. The van der Waals surface area contributed by atoms with Crippen molar-refractivity contribution in [2.24, 2.45) is 0 Å². The van der Waals surface area contributed by atoms with E-state index in [0.29, 0.717) is 12.5 Å². The highest BCUT2D eigenvalue weighted by molar-refractivity contribution is 5.93. The van der Waals surface area contributed by atoms with Crippen LogP contribution in [0, 0.1) is 5.82 Å². The van der Waals surface area contributed by atoms with Crippen molar-refractivity contribution in [3.63, 3.8) is 0 Å². The molecule has 27 heavy (non-hydrogen) atoms. The molecule has 138 valence electrons. The first-order chi connectivity index (χ1) is 13.2. The molecule has 7 nitrogen and oxygen atoms in total. The molecule has 0 radical (unpaired) electrons. The van der Waals surface area contributed by atoms with Gasteiger partial charge in [0.15, 0.2) is 11.5 Å². The predicted molar refractivity (Wildman–Crippen MR) is 96.6 cm³/mol. The fraction of sp³-hybridized carbons (Fsp3) is 0.263. The Balaban J connectivity index is 1.43. The lowest BCUT2D eigenvalue weighted by molar-refractivity contribution is 0.0924. The van der Waals surface area contributed by atoms with Gasteiger partial charge < -0.3 is 14.7 Å². The maximum absolute atomic E-state index is 13.9. The Bertz CT molecular complexity index is 931. The van der Waals surface area contributed by atoms with E-state index >= 15 is 0 Å². The highest BCUT2D eigenvalue weighted by atomic mass is 19.1. The first-order valence-corrected chi connectivity index (χ1v) is 8.75. The zero-order valence-corrected chi connectivity index (χ0v) is 14.5. The zero-order valence-electron chi connectivity index (χ0n) is 14.5. The van der Waals surface area contributed by atoms with Gasteiger partial charge in [-0.1, -0.05) is 17.3 Å². The number of nitrogens with zero attached hydrogens (tertiary/aromatic N) is 4. The number of benzene rings is 1. The average Bonchev–Trinajstić information content (AvgIpc) is 3.19. The summed E-state index contributed by atoms with van der Waals surface area (Å²) in [6.07, 6.45) is 5.17. The molecule has 1 fully saturated rings. The number of piperidine rings is 1. The molecular weight excluding hydrogens is 349 g/mol. The van der Waals surface area contributed by atoms with Crippen LogP contribution in [0.15, 0.2) is 53.3 Å². The van der Waals surface area contributed by atoms with Crippen LogP contribution >= 0.6 is 0 Å². The first kappa shape index (κ1) is 17.1. The van der Waals surface area contributed by atoms with Gasteiger partial charge in [0.1, 0.15) is 5.82 Å². The molecule has 1 aliphatic rings. The monoisotopic (exact) mass is 367 g/mol. The normalized spacial score (nSPS) is 16.9. The Kier molecular flexibility index (Phi) is 4.78. The van der Waals surface area contributed by atoms with Crippen molar-refractivity contribution in [2.75, 3.05) is 18.0 Å². The molecule has 4 rings (SSSR count). The molecule has 0 spiro atoms. The Morgan fingerprint density at radius 2 is 2.04 bits per heavy atom. The van der Waals surface area contributed by atoms with Crippen LogP contribution in [0.5, 0.6) is 0 Å². The van der Waals surface area contributed by atoms with E-state index in [2.05, 4.69) is 20.4 Å². The van der Waals surface area contributed by atoms with E-state index in [-0.39, 0.29) is 29.0 Å². The third kappa shape index (κ3) is 3.79. The van der Waals surface area contributed by atoms with Crippen molar-refractivity contribution in [1.29, 1.82) is 0 Å². The minimum absolute atomic E-state index is 0.0522. The van der Waals surface area contributed by atoms with Gasteiger partial charge in [-0.3, -0.25) is 4.79 Å². The maximum atomic E-state index is 13.9. The van der Waals surface area contributed by atoms with Gasteiger partial charge in [0.05, 0.1) is 5.56 Å². The van der Waals surface area contributed by atoms with Crippen LogP contribution in [0.4, 0.5) is 10.3 Å². The number of rotatable bonds is 4. The summed E-state index contributed by atoms with van der Waals surface area (Å²) in [4.78, 5) is 23.1. The molecule has 1 aliphatic heterocycles. The number of halogens is 1. The number of nitrogens with one attached hydrogen (secondary N) is 1. The van der Waals surface area contributed by atoms with Gasteiger partial charge in [-0.05, 0) is 31.0 Å². The van der Waals surface area contributed by atoms with Gasteiger partial charge in [-0.15, -0.1) is 0 Å². The van der Waals surface area contributed by atoms with Crippen molar-refractivity contribution in [2.45, 2.75) is 18.9 Å². The summed E-state index contributed by atoms with van der Waals surface area (Å²) >= 11 is 0. The van der Waals surface area contributed by atoms with Gasteiger partial charge in [0, 0.05) is 37.6 Å². The lowest BCUT2D eigenvalue weighted by Crippen LogP contribution is -2.48. The molecule has 1 amide bonds. The van der Waals surface area contributed by atoms with E-state index in [1.807, 2.05) is 4.90 Å². The third-order valence-corrected chi connectivity index (χ3v) is 4.47. The van der Waals surface area contributed by atoms with Crippen LogP contribution in [0.25, 0.3) is 11.3 Å². The summed E-state index contributed by atoms with van der Waals surface area (Å²) in [5.74, 6) is 0.106. The van der Waals surface area contributed by atoms with Crippen LogP contribution < -0.4 is 10.2 Å².